The fraction of sp³-hybridized carbons (Fsp3) is 0.310. The molecular formula is C29H33ClN2O3. The first kappa shape index (κ1) is 26.3. The van der Waals surface area contributed by atoms with Gasteiger partial charge in [-0.25, -0.2) is 0 Å². The molecular weight excluding hydrogens is 460 g/mol. The maximum Gasteiger partial charge on any atom is 0.261 e. The quantitative estimate of drug-likeness (QED) is 0.362. The van der Waals surface area contributed by atoms with Crippen LogP contribution in [-0.2, 0) is 22.6 Å². The summed E-state index contributed by atoms with van der Waals surface area (Å²) in [6.07, 6.45) is 1.27. The van der Waals surface area contributed by atoms with Gasteiger partial charge in [-0.3, -0.25) is 9.59 Å². The first-order valence-electron chi connectivity index (χ1n) is 12.0. The van der Waals surface area contributed by atoms with E-state index in [1.807, 2.05) is 60.7 Å². The molecule has 1 atom stereocenters. The number of carbonyl (C=O) groups excluding carboxylic acids is 2. The fourth-order valence-corrected chi connectivity index (χ4v) is 3.91. The normalized spacial score (nSPS) is 11.7. The van der Waals surface area contributed by atoms with Crippen molar-refractivity contribution in [3.05, 3.63) is 101 Å². The Kier molecular flexibility index (Phi) is 10.2. The number of nitrogens with one attached hydrogen (secondary N) is 1. The van der Waals surface area contributed by atoms with Gasteiger partial charge in [0.2, 0.25) is 5.91 Å². The van der Waals surface area contributed by atoms with Gasteiger partial charge in [0, 0.05) is 19.5 Å². The molecule has 0 aromatic heterocycles. The topological polar surface area (TPSA) is 58.6 Å². The highest BCUT2D eigenvalue weighted by molar-refractivity contribution is 6.32. The fourth-order valence-electron chi connectivity index (χ4n) is 3.72. The third kappa shape index (κ3) is 8.45. The van der Waals surface area contributed by atoms with E-state index < -0.39 is 6.04 Å². The van der Waals surface area contributed by atoms with Crippen LogP contribution in [0.5, 0.6) is 5.75 Å². The second-order valence-electron chi connectivity index (χ2n) is 8.91. The summed E-state index contributed by atoms with van der Waals surface area (Å²) in [5.41, 5.74) is 1.92. The van der Waals surface area contributed by atoms with Crippen LogP contribution < -0.4 is 10.1 Å². The standard InChI is InChI=1S/C29H33ClN2O3/c1-22(2)17-18-31-29(34)26(19-23-11-5-3-6-12-23)32(20-24-13-7-4-8-14-24)28(33)21-35-27-16-10-9-15-25(27)30/h3-16,22,26H,17-21H2,1-2H3,(H,31,34)/t26-/m0/s1. The van der Waals surface area contributed by atoms with Crippen LogP contribution >= 0.6 is 11.6 Å². The molecule has 184 valence electrons. The van der Waals surface area contributed by atoms with Gasteiger partial charge in [-0.15, -0.1) is 0 Å². The highest BCUT2D eigenvalue weighted by Gasteiger charge is 2.30. The van der Waals surface area contributed by atoms with Crippen LogP contribution in [0.3, 0.4) is 0 Å². The van der Waals surface area contributed by atoms with Crippen molar-refractivity contribution < 1.29 is 14.3 Å². The lowest BCUT2D eigenvalue weighted by Crippen LogP contribution is -2.52. The van der Waals surface area contributed by atoms with Gasteiger partial charge >= 0.3 is 0 Å². The number of benzene rings is 3. The maximum atomic E-state index is 13.5. The van der Waals surface area contributed by atoms with Crippen LogP contribution in [0.2, 0.25) is 5.02 Å². The lowest BCUT2D eigenvalue weighted by Gasteiger charge is -2.31. The minimum atomic E-state index is -0.688. The monoisotopic (exact) mass is 492 g/mol. The average molecular weight is 493 g/mol. The number of hydrogen-bond acceptors (Lipinski definition) is 3. The van der Waals surface area contributed by atoms with Gasteiger partial charge in [-0.2, -0.15) is 0 Å². The minimum absolute atomic E-state index is 0.170. The molecule has 0 aliphatic heterocycles. The number of para-hydroxylation sites is 1. The third-order valence-electron chi connectivity index (χ3n) is 5.68. The number of amides is 2. The van der Waals surface area contributed by atoms with Crippen LogP contribution in [0.1, 0.15) is 31.4 Å². The van der Waals surface area contributed by atoms with Crippen molar-refractivity contribution >= 4 is 23.4 Å². The molecule has 0 aliphatic carbocycles. The number of rotatable bonds is 12. The molecule has 35 heavy (non-hydrogen) atoms. The predicted octanol–water partition coefficient (Wildman–Crippen LogP) is 5.52. The first-order valence-corrected chi connectivity index (χ1v) is 12.3. The van der Waals surface area contributed by atoms with Crippen molar-refractivity contribution in [3.8, 4) is 5.75 Å². The molecule has 0 spiro atoms. The molecule has 0 unspecified atom stereocenters. The van der Waals surface area contributed by atoms with E-state index >= 15 is 0 Å². The molecule has 0 fully saturated rings. The number of ether oxygens (including phenoxy) is 1. The Morgan fingerprint density at radius 1 is 0.886 bits per heavy atom. The zero-order valence-electron chi connectivity index (χ0n) is 20.3. The Morgan fingerprint density at radius 2 is 1.49 bits per heavy atom. The molecule has 1 N–H and O–H groups in total. The van der Waals surface area contributed by atoms with Crippen LogP contribution in [0.25, 0.3) is 0 Å². The molecule has 2 amide bonds. The van der Waals surface area contributed by atoms with Crippen LogP contribution in [0.15, 0.2) is 84.9 Å². The lowest BCUT2D eigenvalue weighted by atomic mass is 10.0. The molecule has 0 saturated carbocycles. The van der Waals surface area contributed by atoms with Gasteiger partial charge in [0.1, 0.15) is 11.8 Å². The zero-order valence-corrected chi connectivity index (χ0v) is 21.1. The van der Waals surface area contributed by atoms with Crippen molar-refractivity contribution in [2.75, 3.05) is 13.2 Å². The van der Waals surface area contributed by atoms with Crippen LogP contribution in [0, 0.1) is 5.92 Å². The van der Waals surface area contributed by atoms with Crippen molar-refractivity contribution in [2.24, 2.45) is 5.92 Å². The number of hydrogen-bond donors (Lipinski definition) is 1. The molecule has 3 rings (SSSR count). The molecule has 6 heteroatoms. The average Bonchev–Trinajstić information content (AvgIpc) is 2.86. The molecule has 0 radical (unpaired) electrons. The Hall–Kier alpha value is -3.31. The Morgan fingerprint density at radius 3 is 2.11 bits per heavy atom. The lowest BCUT2D eigenvalue weighted by molar-refractivity contribution is -0.142. The van der Waals surface area contributed by atoms with E-state index in [4.69, 9.17) is 16.3 Å². The van der Waals surface area contributed by atoms with E-state index in [1.54, 1.807) is 29.2 Å². The van der Waals surface area contributed by atoms with Gasteiger partial charge in [-0.05, 0) is 35.6 Å². The zero-order chi connectivity index (χ0) is 25.0. The number of carbonyl (C=O) groups is 2. The number of nitrogens with zero attached hydrogens (tertiary/aromatic N) is 1. The summed E-state index contributed by atoms with van der Waals surface area (Å²) in [7, 11) is 0. The van der Waals surface area contributed by atoms with E-state index in [-0.39, 0.29) is 18.4 Å². The summed E-state index contributed by atoms with van der Waals surface area (Å²) >= 11 is 6.21. The smallest absolute Gasteiger partial charge is 0.261 e. The SMILES string of the molecule is CC(C)CCNC(=O)[C@H](Cc1ccccc1)N(Cc1ccccc1)C(=O)COc1ccccc1Cl. The molecule has 0 saturated heterocycles. The highest BCUT2D eigenvalue weighted by atomic mass is 35.5. The summed E-state index contributed by atoms with van der Waals surface area (Å²) in [6.45, 7) is 4.86. The minimum Gasteiger partial charge on any atom is -0.482 e. The van der Waals surface area contributed by atoms with E-state index in [0.717, 1.165) is 17.5 Å². The Balaban J connectivity index is 1.86. The molecule has 0 bridgehead atoms. The van der Waals surface area contributed by atoms with E-state index in [0.29, 0.717) is 36.2 Å². The molecule has 5 nitrogen and oxygen atoms in total. The second kappa shape index (κ2) is 13.5. The molecule has 3 aromatic carbocycles. The Bertz CT molecular complexity index is 1070. The summed E-state index contributed by atoms with van der Waals surface area (Å²) in [6, 6.07) is 25.8. The van der Waals surface area contributed by atoms with Gasteiger partial charge < -0.3 is 15.0 Å². The molecule has 0 aliphatic rings. The molecule has 0 heterocycles. The summed E-state index contributed by atoms with van der Waals surface area (Å²) < 4.78 is 5.76. The van der Waals surface area contributed by atoms with Crippen LogP contribution in [0.4, 0.5) is 0 Å². The van der Waals surface area contributed by atoms with E-state index in [2.05, 4.69) is 19.2 Å². The second-order valence-corrected chi connectivity index (χ2v) is 9.31. The van der Waals surface area contributed by atoms with Gasteiger partial charge in [0.15, 0.2) is 6.61 Å². The van der Waals surface area contributed by atoms with Crippen LogP contribution in [-0.4, -0.2) is 35.9 Å². The first-order chi connectivity index (χ1) is 16.9. The number of halogens is 1. The van der Waals surface area contributed by atoms with Gasteiger partial charge in [0.25, 0.3) is 5.91 Å². The van der Waals surface area contributed by atoms with E-state index in [1.165, 1.54) is 0 Å². The van der Waals surface area contributed by atoms with E-state index in [9.17, 15) is 9.59 Å². The molecule has 3 aromatic rings. The van der Waals surface area contributed by atoms with Crippen molar-refractivity contribution in [1.29, 1.82) is 0 Å². The summed E-state index contributed by atoms with van der Waals surface area (Å²) in [5, 5.41) is 3.48. The van der Waals surface area contributed by atoms with Gasteiger partial charge in [0.05, 0.1) is 5.02 Å². The van der Waals surface area contributed by atoms with Gasteiger partial charge in [-0.1, -0.05) is 98.2 Å². The van der Waals surface area contributed by atoms with Crippen molar-refractivity contribution in [3.63, 3.8) is 0 Å². The third-order valence-corrected chi connectivity index (χ3v) is 5.99. The largest absolute Gasteiger partial charge is 0.482 e. The predicted molar refractivity (Wildman–Crippen MR) is 140 cm³/mol. The van der Waals surface area contributed by atoms with Crippen molar-refractivity contribution in [2.45, 2.75) is 39.3 Å². The summed E-state index contributed by atoms with van der Waals surface area (Å²) in [5.74, 6) is 0.447. The van der Waals surface area contributed by atoms with Crippen molar-refractivity contribution in [1.82, 2.24) is 10.2 Å². The maximum absolute atomic E-state index is 13.5. The summed E-state index contributed by atoms with van der Waals surface area (Å²) in [4.78, 5) is 28.6. The Labute approximate surface area is 213 Å². The highest BCUT2D eigenvalue weighted by Crippen LogP contribution is 2.23.